The van der Waals surface area contributed by atoms with E-state index in [9.17, 15) is 17.6 Å². The minimum atomic E-state index is -3.71. The maximum Gasteiger partial charge on any atom is 0.243 e. The molecule has 6 nitrogen and oxygen atoms in total. The SMILES string of the molecule is O=C(N/N=C\c1ccc(Cl)c(Cl)c1)C1CCN(S(=O)(=O)c2ccc(F)cc2)CC1. The molecule has 2 aromatic carbocycles. The molecule has 0 saturated carbocycles. The van der Waals surface area contributed by atoms with Gasteiger partial charge in [-0.1, -0.05) is 29.3 Å². The van der Waals surface area contributed by atoms with Gasteiger partial charge in [0.1, 0.15) is 5.82 Å². The van der Waals surface area contributed by atoms with E-state index >= 15 is 0 Å². The van der Waals surface area contributed by atoms with E-state index in [-0.39, 0.29) is 29.8 Å². The van der Waals surface area contributed by atoms with Gasteiger partial charge in [0.15, 0.2) is 0 Å². The maximum atomic E-state index is 13.0. The highest BCUT2D eigenvalue weighted by atomic mass is 35.5. The minimum Gasteiger partial charge on any atom is -0.273 e. The fourth-order valence-corrected chi connectivity index (χ4v) is 4.74. The molecule has 1 fully saturated rings. The molecule has 1 aliphatic rings. The van der Waals surface area contributed by atoms with E-state index in [1.54, 1.807) is 18.2 Å². The van der Waals surface area contributed by atoms with Crippen LogP contribution < -0.4 is 5.43 Å². The standard InChI is InChI=1S/C19H18Cl2FN3O3S/c20-17-6-1-13(11-18(17)21)12-23-24-19(26)14-7-9-25(10-8-14)29(27,28)16-4-2-15(22)3-5-16/h1-6,11-12,14H,7-10H2,(H,24,26)/b23-12-. The van der Waals surface area contributed by atoms with Gasteiger partial charge in [-0.2, -0.15) is 9.41 Å². The molecule has 1 aliphatic heterocycles. The third kappa shape index (κ3) is 5.33. The third-order valence-corrected chi connectivity index (χ3v) is 7.26. The van der Waals surface area contributed by atoms with Crippen molar-refractivity contribution in [3.63, 3.8) is 0 Å². The minimum absolute atomic E-state index is 0.0352. The molecule has 10 heteroatoms. The number of amides is 1. The summed E-state index contributed by atoms with van der Waals surface area (Å²) in [5, 5.41) is 4.73. The van der Waals surface area contributed by atoms with E-state index in [1.165, 1.54) is 22.7 Å². The molecule has 1 heterocycles. The molecule has 154 valence electrons. The first kappa shape index (κ1) is 21.7. The molecular formula is C19H18Cl2FN3O3S. The van der Waals surface area contributed by atoms with E-state index in [1.807, 2.05) is 0 Å². The second kappa shape index (κ2) is 9.21. The van der Waals surface area contributed by atoms with Crippen molar-refractivity contribution in [3.8, 4) is 0 Å². The van der Waals surface area contributed by atoms with E-state index in [0.29, 0.717) is 28.5 Å². The van der Waals surface area contributed by atoms with Crippen molar-refractivity contribution in [3.05, 3.63) is 63.9 Å². The lowest BCUT2D eigenvalue weighted by Crippen LogP contribution is -2.42. The zero-order chi connectivity index (χ0) is 21.0. The van der Waals surface area contributed by atoms with Gasteiger partial charge in [-0.25, -0.2) is 18.2 Å². The quantitative estimate of drug-likeness (QED) is 0.549. The van der Waals surface area contributed by atoms with Crippen molar-refractivity contribution in [2.24, 2.45) is 11.0 Å². The zero-order valence-electron chi connectivity index (χ0n) is 15.2. The predicted molar refractivity (Wildman–Crippen MR) is 110 cm³/mol. The number of hydrogen-bond acceptors (Lipinski definition) is 4. The summed E-state index contributed by atoms with van der Waals surface area (Å²) < 4.78 is 39.6. The Hall–Kier alpha value is -2.00. The average molecular weight is 458 g/mol. The fourth-order valence-electron chi connectivity index (χ4n) is 2.97. The first-order chi connectivity index (χ1) is 13.8. The molecule has 2 aromatic rings. The van der Waals surface area contributed by atoms with Crippen LogP contribution in [0.15, 0.2) is 52.5 Å². The Bertz CT molecular complexity index is 1020. The average Bonchev–Trinajstić information content (AvgIpc) is 2.71. The van der Waals surface area contributed by atoms with Crippen molar-refractivity contribution < 1.29 is 17.6 Å². The summed E-state index contributed by atoms with van der Waals surface area (Å²) in [6, 6.07) is 9.66. The molecule has 0 radical (unpaired) electrons. The molecular weight excluding hydrogens is 440 g/mol. The van der Waals surface area contributed by atoms with Gasteiger partial charge in [-0.3, -0.25) is 4.79 Å². The predicted octanol–water partition coefficient (Wildman–Crippen LogP) is 3.68. The number of rotatable bonds is 5. The van der Waals surface area contributed by atoms with Crippen molar-refractivity contribution in [1.82, 2.24) is 9.73 Å². The van der Waals surface area contributed by atoms with Crippen molar-refractivity contribution >= 4 is 45.3 Å². The summed E-state index contributed by atoms with van der Waals surface area (Å²) in [6.45, 7) is 0.405. The highest BCUT2D eigenvalue weighted by Crippen LogP contribution is 2.24. The molecule has 1 N–H and O–H groups in total. The van der Waals surface area contributed by atoms with E-state index in [4.69, 9.17) is 23.2 Å². The third-order valence-electron chi connectivity index (χ3n) is 4.61. The van der Waals surface area contributed by atoms with Gasteiger partial charge in [0, 0.05) is 19.0 Å². The summed E-state index contributed by atoms with van der Waals surface area (Å²) >= 11 is 11.8. The summed E-state index contributed by atoms with van der Waals surface area (Å²) in [6.07, 6.45) is 2.19. The van der Waals surface area contributed by atoms with Gasteiger partial charge >= 0.3 is 0 Å². The first-order valence-corrected chi connectivity index (χ1v) is 11.0. The van der Waals surface area contributed by atoms with Crippen LogP contribution in [0.4, 0.5) is 4.39 Å². The Morgan fingerprint density at radius 1 is 1.10 bits per heavy atom. The number of hydrazone groups is 1. The Morgan fingerprint density at radius 2 is 1.76 bits per heavy atom. The Balaban J connectivity index is 1.54. The number of carbonyl (C=O) groups is 1. The Morgan fingerprint density at radius 3 is 2.38 bits per heavy atom. The van der Waals surface area contributed by atoms with Crippen LogP contribution in [-0.4, -0.2) is 37.9 Å². The number of nitrogens with zero attached hydrogens (tertiary/aromatic N) is 2. The van der Waals surface area contributed by atoms with Crippen LogP contribution in [0.3, 0.4) is 0 Å². The van der Waals surface area contributed by atoms with Crippen molar-refractivity contribution in [2.75, 3.05) is 13.1 Å². The van der Waals surface area contributed by atoms with Crippen molar-refractivity contribution in [2.45, 2.75) is 17.7 Å². The van der Waals surface area contributed by atoms with Crippen LogP contribution in [0.5, 0.6) is 0 Å². The fraction of sp³-hybridized carbons (Fsp3) is 0.263. The highest BCUT2D eigenvalue weighted by Gasteiger charge is 2.32. The van der Waals surface area contributed by atoms with E-state index < -0.39 is 15.8 Å². The van der Waals surface area contributed by atoms with Crippen LogP contribution >= 0.6 is 23.2 Å². The Kier molecular flexibility index (Phi) is 6.89. The summed E-state index contributed by atoms with van der Waals surface area (Å²) in [7, 11) is -3.71. The highest BCUT2D eigenvalue weighted by molar-refractivity contribution is 7.89. The molecule has 0 aliphatic carbocycles. The lowest BCUT2D eigenvalue weighted by atomic mass is 9.98. The van der Waals surface area contributed by atoms with Gasteiger partial charge in [0.05, 0.1) is 21.2 Å². The van der Waals surface area contributed by atoms with Gasteiger partial charge in [-0.05, 0) is 54.8 Å². The van der Waals surface area contributed by atoms with Gasteiger partial charge in [0.25, 0.3) is 0 Å². The zero-order valence-corrected chi connectivity index (χ0v) is 17.5. The molecule has 1 saturated heterocycles. The van der Waals surface area contributed by atoms with Gasteiger partial charge in [-0.15, -0.1) is 0 Å². The number of piperidine rings is 1. The molecule has 1 amide bonds. The molecule has 0 atom stereocenters. The van der Waals surface area contributed by atoms with Gasteiger partial charge < -0.3 is 0 Å². The normalized spacial score (nSPS) is 16.2. The topological polar surface area (TPSA) is 78.8 Å². The second-order valence-corrected chi connectivity index (χ2v) is 9.29. The molecule has 0 unspecified atom stereocenters. The van der Waals surface area contributed by atoms with Crippen LogP contribution in [0.25, 0.3) is 0 Å². The number of sulfonamides is 1. The lowest BCUT2D eigenvalue weighted by Gasteiger charge is -2.30. The molecule has 0 spiro atoms. The molecule has 29 heavy (non-hydrogen) atoms. The monoisotopic (exact) mass is 457 g/mol. The van der Waals surface area contributed by atoms with E-state index in [0.717, 1.165) is 12.1 Å². The van der Waals surface area contributed by atoms with Gasteiger partial charge in [0.2, 0.25) is 15.9 Å². The number of nitrogens with one attached hydrogen (secondary N) is 1. The van der Waals surface area contributed by atoms with Crippen LogP contribution in [0.1, 0.15) is 18.4 Å². The number of carbonyl (C=O) groups excluding carboxylic acids is 1. The lowest BCUT2D eigenvalue weighted by molar-refractivity contribution is -0.126. The summed E-state index contributed by atoms with van der Waals surface area (Å²) in [5.74, 6) is -1.12. The molecule has 0 bridgehead atoms. The summed E-state index contributed by atoms with van der Waals surface area (Å²) in [5.41, 5.74) is 3.15. The van der Waals surface area contributed by atoms with Crippen LogP contribution in [-0.2, 0) is 14.8 Å². The number of benzene rings is 2. The van der Waals surface area contributed by atoms with Crippen LogP contribution in [0, 0.1) is 11.7 Å². The Labute approximate surface area is 178 Å². The summed E-state index contributed by atoms with van der Waals surface area (Å²) in [4.78, 5) is 12.3. The smallest absolute Gasteiger partial charge is 0.243 e. The molecule has 0 aromatic heterocycles. The largest absolute Gasteiger partial charge is 0.273 e. The van der Waals surface area contributed by atoms with E-state index in [2.05, 4.69) is 10.5 Å². The number of halogens is 3. The second-order valence-electron chi connectivity index (χ2n) is 6.54. The van der Waals surface area contributed by atoms with Crippen LogP contribution in [0.2, 0.25) is 10.0 Å². The number of hydrogen-bond donors (Lipinski definition) is 1. The first-order valence-electron chi connectivity index (χ1n) is 8.81. The molecule has 3 rings (SSSR count). The van der Waals surface area contributed by atoms with Crippen molar-refractivity contribution in [1.29, 1.82) is 0 Å². The maximum absolute atomic E-state index is 13.0.